The third-order valence-corrected chi connectivity index (χ3v) is 10.9. The lowest BCUT2D eigenvalue weighted by Crippen LogP contribution is -2.36. The van der Waals surface area contributed by atoms with Gasteiger partial charge in [-0.1, -0.05) is 122 Å². The van der Waals surface area contributed by atoms with E-state index in [0.29, 0.717) is 33.8 Å². The largest absolute Gasteiger partial charge is 0.471 e. The van der Waals surface area contributed by atoms with Crippen LogP contribution < -0.4 is 9.47 Å². The third kappa shape index (κ3) is 10.0. The first kappa shape index (κ1) is 45.2. The molecule has 0 N–H and O–H groups in total. The lowest BCUT2D eigenvalue weighted by Gasteiger charge is -2.35. The first-order chi connectivity index (χ1) is 31.6. The van der Waals surface area contributed by atoms with Gasteiger partial charge in [-0.05, 0) is 94.8 Å². The molecule has 0 unspecified atom stereocenters. The summed E-state index contributed by atoms with van der Waals surface area (Å²) >= 11 is 0. The van der Waals surface area contributed by atoms with Gasteiger partial charge in [0.25, 0.3) is 11.8 Å². The van der Waals surface area contributed by atoms with E-state index in [1.54, 1.807) is 36.4 Å². The van der Waals surface area contributed by atoms with Gasteiger partial charge >= 0.3 is 11.9 Å². The first-order valence-electron chi connectivity index (χ1n) is 20.9. The van der Waals surface area contributed by atoms with Gasteiger partial charge in [0.15, 0.2) is 13.5 Å². The fourth-order valence-electron chi connectivity index (χ4n) is 7.87. The van der Waals surface area contributed by atoms with E-state index in [2.05, 4.69) is 37.4 Å². The van der Waals surface area contributed by atoms with Crippen molar-refractivity contribution in [3.63, 3.8) is 0 Å². The van der Waals surface area contributed by atoms with Crippen molar-refractivity contribution in [2.45, 2.75) is 19.3 Å². The minimum absolute atomic E-state index is 0.107. The van der Waals surface area contributed by atoms with Crippen LogP contribution in [0.5, 0.6) is 11.5 Å². The number of rotatable bonds is 20. The fourth-order valence-corrected chi connectivity index (χ4v) is 7.87. The molecule has 0 spiro atoms. The minimum Gasteiger partial charge on any atom is -0.471 e. The highest BCUT2D eigenvalue weighted by Crippen LogP contribution is 2.56. The molecule has 0 saturated heterocycles. The monoisotopic (exact) mass is 872 g/mol. The third-order valence-electron chi connectivity index (χ3n) is 10.9. The summed E-state index contributed by atoms with van der Waals surface area (Å²) in [7, 11) is 0. The lowest BCUT2D eigenvalue weighted by atomic mass is 9.67. The Morgan fingerprint density at radius 2 is 0.892 bits per heavy atom. The minimum atomic E-state index is -0.880. The molecule has 0 fully saturated rings. The number of carbonyl (C=O) groups is 4. The number of amides is 2. The van der Waals surface area contributed by atoms with Gasteiger partial charge in [-0.15, -0.1) is 0 Å². The molecule has 65 heavy (non-hydrogen) atoms. The van der Waals surface area contributed by atoms with E-state index < -0.39 is 29.2 Å². The fraction of sp³-hybridized carbons (Fsp3) is 0.170. The van der Waals surface area contributed by atoms with Crippen LogP contribution in [0.4, 0.5) is 0 Å². The van der Waals surface area contributed by atoms with E-state index in [0.717, 1.165) is 55.7 Å². The summed E-state index contributed by atoms with van der Waals surface area (Å²) in [5.41, 5.74) is 7.18. The molecule has 2 amide bonds. The summed E-state index contributed by atoms with van der Waals surface area (Å²) < 4.78 is 22.0. The highest BCUT2D eigenvalue weighted by molar-refractivity contribution is 5.96. The molecule has 7 rings (SSSR count). The SMILES string of the molecule is C=CC(=O)OCCON(COc1ccccc1)C(=O)c1ccc(C2(c3ccc(C(=O)N(COc4ccccc4)OCCOC(=O)C=C)c(C)c3)c3ccccc3-c3ccccc32)cc1C. The van der Waals surface area contributed by atoms with E-state index in [4.69, 9.17) is 28.6 Å². The Morgan fingerprint density at radius 3 is 1.28 bits per heavy atom. The molecular formula is C53H48N2O10. The number of benzene rings is 6. The number of ether oxygens (including phenoxy) is 4. The number of para-hydroxylation sites is 2. The smallest absolute Gasteiger partial charge is 0.330 e. The molecule has 0 heterocycles. The van der Waals surface area contributed by atoms with Crippen LogP contribution in [0.3, 0.4) is 0 Å². The molecule has 0 aromatic heterocycles. The second-order valence-corrected chi connectivity index (χ2v) is 14.9. The number of hydrogen-bond donors (Lipinski definition) is 0. The number of nitrogens with zero attached hydrogens (tertiary/aromatic N) is 2. The standard InChI is InChI=1S/C53H48N2O10/c1-5-49(56)60-29-31-64-54(35-62-41-17-9-7-10-18-41)51(58)43-27-25-39(33-37(43)3)53(47-23-15-13-21-45(47)46-22-14-16-24-48(46)53)40-26-28-44(38(4)34-40)52(59)55(65-32-30-61-50(57)6-2)36-63-42-19-11-8-12-20-42/h5-28,33-34H,1-2,29-32,35-36H2,3-4H3. The number of fused-ring (bicyclic) bond motifs is 3. The van der Waals surface area contributed by atoms with Gasteiger partial charge in [0, 0.05) is 23.3 Å². The second kappa shape index (κ2) is 21.0. The van der Waals surface area contributed by atoms with Gasteiger partial charge < -0.3 is 18.9 Å². The average Bonchev–Trinajstić information content (AvgIpc) is 3.64. The average molecular weight is 873 g/mol. The van der Waals surface area contributed by atoms with Crippen LogP contribution in [0.2, 0.25) is 0 Å². The normalized spacial score (nSPS) is 11.9. The molecule has 12 heteroatoms. The summed E-state index contributed by atoms with van der Waals surface area (Å²) in [5, 5.41) is 2.22. The summed E-state index contributed by atoms with van der Waals surface area (Å²) in [6.07, 6.45) is 2.11. The van der Waals surface area contributed by atoms with Gasteiger partial charge in [0.1, 0.15) is 37.9 Å². The van der Waals surface area contributed by atoms with Crippen LogP contribution in [0.1, 0.15) is 54.1 Å². The lowest BCUT2D eigenvalue weighted by molar-refractivity contribution is -0.168. The van der Waals surface area contributed by atoms with Crippen molar-refractivity contribution in [3.05, 3.63) is 215 Å². The molecule has 0 bridgehead atoms. The summed E-state index contributed by atoms with van der Waals surface area (Å²) in [6, 6.07) is 46.1. The molecule has 1 aliphatic rings. The van der Waals surface area contributed by atoms with E-state index in [1.807, 2.05) is 98.8 Å². The maximum absolute atomic E-state index is 14.3. The van der Waals surface area contributed by atoms with Gasteiger partial charge in [-0.25, -0.2) is 9.59 Å². The molecule has 0 radical (unpaired) electrons. The van der Waals surface area contributed by atoms with Crippen molar-refractivity contribution in [3.8, 4) is 22.6 Å². The topological polar surface area (TPSA) is 130 Å². The van der Waals surface area contributed by atoms with Gasteiger partial charge in [-0.3, -0.25) is 19.3 Å². The van der Waals surface area contributed by atoms with E-state index in [9.17, 15) is 19.2 Å². The Hall–Kier alpha value is -7.80. The number of carbonyl (C=O) groups excluding carboxylic acids is 4. The quantitative estimate of drug-likeness (QED) is 0.0241. The van der Waals surface area contributed by atoms with E-state index in [1.165, 1.54) is 0 Å². The number of hydroxylamine groups is 4. The van der Waals surface area contributed by atoms with Crippen LogP contribution in [-0.2, 0) is 34.2 Å². The molecule has 0 atom stereocenters. The Bertz CT molecular complexity index is 2500. The molecule has 0 aliphatic heterocycles. The zero-order valence-electron chi connectivity index (χ0n) is 36.1. The van der Waals surface area contributed by atoms with E-state index >= 15 is 0 Å². The Kier molecular flexibility index (Phi) is 14.6. The molecule has 1 aliphatic carbocycles. The number of aryl methyl sites for hydroxylation is 2. The summed E-state index contributed by atoms with van der Waals surface area (Å²) in [4.78, 5) is 63.7. The summed E-state index contributed by atoms with van der Waals surface area (Å²) in [5.74, 6) is -1.05. The molecular weight excluding hydrogens is 825 g/mol. The molecule has 330 valence electrons. The van der Waals surface area contributed by atoms with Gasteiger partial charge in [0.05, 0.1) is 5.41 Å². The Labute approximate surface area is 377 Å². The highest BCUT2D eigenvalue weighted by Gasteiger charge is 2.46. The predicted molar refractivity (Wildman–Crippen MR) is 244 cm³/mol. The zero-order chi connectivity index (χ0) is 45.8. The zero-order valence-corrected chi connectivity index (χ0v) is 36.1. The Morgan fingerprint density at radius 1 is 0.508 bits per heavy atom. The van der Waals surface area contributed by atoms with Crippen molar-refractivity contribution >= 4 is 23.8 Å². The number of hydrogen-bond acceptors (Lipinski definition) is 10. The molecule has 6 aromatic carbocycles. The van der Waals surface area contributed by atoms with Crippen LogP contribution >= 0.6 is 0 Å². The first-order valence-corrected chi connectivity index (χ1v) is 20.9. The van der Waals surface area contributed by atoms with Gasteiger partial charge in [-0.2, -0.15) is 10.1 Å². The Balaban J connectivity index is 1.25. The molecule has 12 nitrogen and oxygen atoms in total. The maximum Gasteiger partial charge on any atom is 0.330 e. The molecule has 0 saturated carbocycles. The van der Waals surface area contributed by atoms with Crippen molar-refractivity contribution in [2.75, 3.05) is 39.9 Å². The van der Waals surface area contributed by atoms with Crippen LogP contribution in [0.25, 0.3) is 11.1 Å². The van der Waals surface area contributed by atoms with Crippen LogP contribution in [-0.4, -0.2) is 73.8 Å². The van der Waals surface area contributed by atoms with Gasteiger partial charge in [0.2, 0.25) is 0 Å². The van der Waals surface area contributed by atoms with Crippen LogP contribution in [0.15, 0.2) is 171 Å². The van der Waals surface area contributed by atoms with Crippen molar-refractivity contribution in [1.29, 1.82) is 0 Å². The van der Waals surface area contributed by atoms with E-state index in [-0.39, 0.29) is 39.9 Å². The maximum atomic E-state index is 14.3. The highest BCUT2D eigenvalue weighted by atomic mass is 16.7. The van der Waals surface area contributed by atoms with Crippen molar-refractivity contribution in [1.82, 2.24) is 10.1 Å². The summed E-state index contributed by atoms with van der Waals surface area (Å²) in [6.45, 7) is 9.67. The van der Waals surface area contributed by atoms with Crippen LogP contribution in [0, 0.1) is 13.8 Å². The predicted octanol–water partition coefficient (Wildman–Crippen LogP) is 8.95. The van der Waals surface area contributed by atoms with Crippen molar-refractivity contribution < 1.29 is 47.8 Å². The second-order valence-electron chi connectivity index (χ2n) is 14.9. The van der Waals surface area contributed by atoms with Crippen molar-refractivity contribution in [2.24, 2.45) is 0 Å². The molecule has 6 aromatic rings. The number of esters is 2.